The zero-order valence-corrected chi connectivity index (χ0v) is 16.0. The Morgan fingerprint density at radius 3 is 2.69 bits per heavy atom. The molecule has 2 unspecified atom stereocenters. The van der Waals surface area contributed by atoms with E-state index in [-0.39, 0.29) is 35.1 Å². The van der Waals surface area contributed by atoms with E-state index in [2.05, 4.69) is 19.9 Å². The number of likely N-dealkylation sites (N-methyl/N-ethyl adjacent to an activating group) is 1. The van der Waals surface area contributed by atoms with Crippen molar-refractivity contribution in [1.82, 2.24) is 4.90 Å². The van der Waals surface area contributed by atoms with Gasteiger partial charge in [-0.05, 0) is 67.3 Å². The number of hydrogen-bond acceptors (Lipinski definition) is 3. The quantitative estimate of drug-likeness (QED) is 0.793. The van der Waals surface area contributed by atoms with Gasteiger partial charge in [-0.2, -0.15) is 0 Å². The monoisotopic (exact) mass is 361 g/mol. The molecule has 3 aliphatic carbocycles. The summed E-state index contributed by atoms with van der Waals surface area (Å²) in [6, 6.07) is 0.256. The van der Waals surface area contributed by atoms with Crippen LogP contribution in [0.3, 0.4) is 0 Å². The number of carbonyl (C=O) groups excluding carboxylic acids is 1. The highest BCUT2D eigenvalue weighted by molar-refractivity contribution is 5.89. The fraction of sp³-hybridized carbons (Fsp3) is 0.810. The summed E-state index contributed by atoms with van der Waals surface area (Å²) in [6.07, 6.45) is 8.34. The van der Waals surface area contributed by atoms with Crippen LogP contribution in [0.1, 0.15) is 52.4 Å². The highest BCUT2D eigenvalue weighted by Crippen LogP contribution is 2.65. The minimum absolute atomic E-state index is 0.0112. The maximum Gasteiger partial charge on any atom is 0.303 e. The number of fused-ring (bicyclic) bond motifs is 5. The second-order valence-corrected chi connectivity index (χ2v) is 9.70. The van der Waals surface area contributed by atoms with Gasteiger partial charge in [-0.25, -0.2) is 0 Å². The van der Waals surface area contributed by atoms with Gasteiger partial charge in [-0.1, -0.05) is 19.9 Å². The van der Waals surface area contributed by atoms with Crippen LogP contribution in [0.2, 0.25) is 0 Å². The van der Waals surface area contributed by atoms with Crippen molar-refractivity contribution in [2.24, 2.45) is 34.5 Å². The van der Waals surface area contributed by atoms with Crippen LogP contribution in [0.4, 0.5) is 0 Å². The van der Waals surface area contributed by atoms with E-state index in [1.807, 2.05) is 11.9 Å². The molecule has 144 valence electrons. The summed E-state index contributed by atoms with van der Waals surface area (Å²) >= 11 is 0. The lowest BCUT2D eigenvalue weighted by atomic mass is 9.48. The minimum atomic E-state index is -0.807. The Labute approximate surface area is 155 Å². The third-order valence-electron chi connectivity index (χ3n) is 8.68. The predicted octanol–water partition coefficient (Wildman–Crippen LogP) is 2.69. The fourth-order valence-corrected chi connectivity index (χ4v) is 7.31. The SMILES string of the molecule is CN1C(=O)C=C[C@]2(C)C3CC[C@@]4(C)[C@@H](C[C@@H](CC(=O)O)[C@@H]4O)C3CC[C@@H]12. The van der Waals surface area contributed by atoms with Gasteiger partial charge in [0.1, 0.15) is 0 Å². The number of carbonyl (C=O) groups is 2. The third-order valence-corrected chi connectivity index (χ3v) is 8.68. The van der Waals surface area contributed by atoms with Gasteiger partial charge in [0.15, 0.2) is 0 Å². The van der Waals surface area contributed by atoms with Crippen molar-refractivity contribution < 1.29 is 19.8 Å². The van der Waals surface area contributed by atoms with Crippen LogP contribution in [0.25, 0.3) is 0 Å². The molecule has 5 heteroatoms. The van der Waals surface area contributed by atoms with E-state index < -0.39 is 12.1 Å². The Kier molecular flexibility index (Phi) is 4.03. The number of carboxylic acids is 1. The minimum Gasteiger partial charge on any atom is -0.481 e. The Balaban J connectivity index is 1.65. The predicted molar refractivity (Wildman–Crippen MR) is 97.2 cm³/mol. The molecule has 8 atom stereocenters. The Bertz CT molecular complexity index is 660. The Morgan fingerprint density at radius 2 is 2.00 bits per heavy atom. The molecule has 2 N–H and O–H groups in total. The summed E-state index contributed by atoms with van der Waals surface area (Å²) in [5.41, 5.74) is -0.173. The second-order valence-electron chi connectivity index (χ2n) is 9.70. The summed E-state index contributed by atoms with van der Waals surface area (Å²) in [7, 11) is 1.92. The molecule has 3 fully saturated rings. The lowest BCUT2D eigenvalue weighted by molar-refractivity contribution is -0.142. The van der Waals surface area contributed by atoms with E-state index in [9.17, 15) is 19.8 Å². The molecule has 0 radical (unpaired) electrons. The maximum absolute atomic E-state index is 12.1. The van der Waals surface area contributed by atoms with Crippen molar-refractivity contribution in [3.8, 4) is 0 Å². The van der Waals surface area contributed by atoms with Gasteiger partial charge in [0, 0.05) is 18.5 Å². The third kappa shape index (κ3) is 2.32. The molecule has 1 amide bonds. The molecule has 1 heterocycles. The van der Waals surface area contributed by atoms with Gasteiger partial charge in [0.05, 0.1) is 12.5 Å². The molecule has 1 aliphatic heterocycles. The number of aliphatic hydroxyl groups is 1. The first-order valence-corrected chi connectivity index (χ1v) is 10.0. The molecule has 0 aromatic heterocycles. The largest absolute Gasteiger partial charge is 0.481 e. The van der Waals surface area contributed by atoms with Gasteiger partial charge < -0.3 is 15.1 Å². The fourth-order valence-electron chi connectivity index (χ4n) is 7.31. The molecule has 0 saturated heterocycles. The number of carboxylic acid groups (broad SMARTS) is 1. The number of aliphatic carboxylic acids is 1. The van der Waals surface area contributed by atoms with Crippen LogP contribution < -0.4 is 0 Å². The van der Waals surface area contributed by atoms with E-state index in [1.165, 1.54) is 0 Å². The Morgan fingerprint density at radius 1 is 1.27 bits per heavy atom. The molecule has 4 rings (SSSR count). The summed E-state index contributed by atoms with van der Waals surface area (Å²) in [6.45, 7) is 4.48. The van der Waals surface area contributed by atoms with Crippen molar-refractivity contribution in [3.63, 3.8) is 0 Å². The van der Waals surface area contributed by atoms with E-state index in [4.69, 9.17) is 0 Å². The van der Waals surface area contributed by atoms with Crippen molar-refractivity contribution >= 4 is 11.9 Å². The summed E-state index contributed by atoms with van der Waals surface area (Å²) in [5, 5.41) is 20.2. The van der Waals surface area contributed by atoms with Gasteiger partial charge in [-0.3, -0.25) is 9.59 Å². The molecule has 26 heavy (non-hydrogen) atoms. The first-order chi connectivity index (χ1) is 12.2. The van der Waals surface area contributed by atoms with Gasteiger partial charge in [0.2, 0.25) is 5.91 Å². The molecule has 0 aromatic carbocycles. The first kappa shape index (κ1) is 18.0. The van der Waals surface area contributed by atoms with Gasteiger partial charge in [-0.15, -0.1) is 0 Å². The number of aliphatic hydroxyl groups excluding tert-OH is 1. The average Bonchev–Trinajstić information content (AvgIpc) is 2.83. The van der Waals surface area contributed by atoms with Gasteiger partial charge >= 0.3 is 5.97 Å². The number of nitrogens with zero attached hydrogens (tertiary/aromatic N) is 1. The zero-order chi connectivity index (χ0) is 18.9. The molecule has 5 nitrogen and oxygen atoms in total. The highest BCUT2D eigenvalue weighted by atomic mass is 16.4. The number of rotatable bonds is 2. The normalized spacial score (nSPS) is 50.2. The Hall–Kier alpha value is -1.36. The van der Waals surface area contributed by atoms with Crippen molar-refractivity contribution in [2.75, 3.05) is 7.05 Å². The van der Waals surface area contributed by atoms with E-state index in [0.717, 1.165) is 32.1 Å². The second kappa shape index (κ2) is 5.82. The first-order valence-electron chi connectivity index (χ1n) is 10.0. The molecule has 0 aromatic rings. The molecule has 0 spiro atoms. The molecule has 0 bridgehead atoms. The molecular formula is C21H31NO4. The number of amides is 1. The lowest BCUT2D eigenvalue weighted by Crippen LogP contribution is -2.59. The smallest absolute Gasteiger partial charge is 0.303 e. The van der Waals surface area contributed by atoms with Crippen LogP contribution in [0.5, 0.6) is 0 Å². The molecular weight excluding hydrogens is 330 g/mol. The zero-order valence-electron chi connectivity index (χ0n) is 16.0. The summed E-state index contributed by atoms with van der Waals surface area (Å²) < 4.78 is 0. The van der Waals surface area contributed by atoms with Crippen molar-refractivity contribution in [3.05, 3.63) is 12.2 Å². The molecule has 4 aliphatic rings. The summed E-state index contributed by atoms with van der Waals surface area (Å²) in [4.78, 5) is 25.3. The number of hydrogen-bond donors (Lipinski definition) is 2. The molecule has 3 saturated carbocycles. The van der Waals surface area contributed by atoms with Crippen LogP contribution in [-0.2, 0) is 9.59 Å². The van der Waals surface area contributed by atoms with Crippen molar-refractivity contribution in [1.29, 1.82) is 0 Å². The van der Waals surface area contributed by atoms with Crippen LogP contribution in [-0.4, -0.2) is 46.2 Å². The topological polar surface area (TPSA) is 77.8 Å². The van der Waals surface area contributed by atoms with Crippen LogP contribution in [0.15, 0.2) is 12.2 Å². The standard InChI is InChI=1S/C21H31NO4/c1-20-9-7-17(23)22(3)16(20)5-4-13-14(20)6-8-21(2)15(13)10-12(19(21)26)11-18(24)25/h7,9,12-16,19,26H,4-6,8,10-11H2,1-3H3,(H,24,25)/t12-,13?,14?,15-,16+,19-,20+,21-/m0/s1. The lowest BCUT2D eigenvalue weighted by Gasteiger charge is -2.60. The van der Waals surface area contributed by atoms with Gasteiger partial charge in [0.25, 0.3) is 0 Å². The van der Waals surface area contributed by atoms with E-state index in [1.54, 1.807) is 6.08 Å². The van der Waals surface area contributed by atoms with Crippen LogP contribution in [0, 0.1) is 34.5 Å². The maximum atomic E-state index is 12.1. The van der Waals surface area contributed by atoms with Crippen LogP contribution >= 0.6 is 0 Å². The van der Waals surface area contributed by atoms with E-state index in [0.29, 0.717) is 17.8 Å². The van der Waals surface area contributed by atoms with Crippen molar-refractivity contribution in [2.45, 2.75) is 64.5 Å². The van der Waals surface area contributed by atoms with E-state index >= 15 is 0 Å². The summed E-state index contributed by atoms with van der Waals surface area (Å²) in [5.74, 6) is 0.562. The highest BCUT2D eigenvalue weighted by Gasteiger charge is 2.62. The average molecular weight is 361 g/mol.